The van der Waals surface area contributed by atoms with E-state index in [1.807, 2.05) is 0 Å². The lowest BCUT2D eigenvalue weighted by molar-refractivity contribution is -0.387. The van der Waals surface area contributed by atoms with Gasteiger partial charge in [-0.25, -0.2) is 0 Å². The number of nitro groups is 1. The van der Waals surface area contributed by atoms with Crippen molar-refractivity contribution in [2.75, 3.05) is 6.61 Å². The van der Waals surface area contributed by atoms with Crippen molar-refractivity contribution in [3.05, 3.63) is 39.2 Å². The predicted octanol–water partition coefficient (Wildman–Crippen LogP) is 1.39. The van der Waals surface area contributed by atoms with E-state index in [1.54, 1.807) is 6.92 Å². The number of hydrogen-bond acceptors (Lipinski definition) is 3. The van der Waals surface area contributed by atoms with E-state index in [1.165, 1.54) is 0 Å². The normalized spacial score (nSPS) is 9.27. The molecular formula is C10H8FNO3. The van der Waals surface area contributed by atoms with Crippen molar-refractivity contribution >= 4 is 5.69 Å². The number of hydrogen-bond donors (Lipinski definition) is 1. The maximum Gasteiger partial charge on any atom is 0.305 e. The van der Waals surface area contributed by atoms with Gasteiger partial charge in [-0.1, -0.05) is 11.8 Å². The third-order valence-corrected chi connectivity index (χ3v) is 1.79. The summed E-state index contributed by atoms with van der Waals surface area (Å²) in [5.74, 6) is 3.93. The maximum absolute atomic E-state index is 13.1. The highest BCUT2D eigenvalue weighted by atomic mass is 19.1. The Morgan fingerprint density at radius 2 is 2.27 bits per heavy atom. The quantitative estimate of drug-likeness (QED) is 0.431. The molecule has 1 rings (SSSR count). The van der Waals surface area contributed by atoms with Crippen molar-refractivity contribution < 1.29 is 14.4 Å². The molecule has 0 unspecified atom stereocenters. The number of aliphatic hydroxyl groups excluding tert-OH is 1. The average Bonchev–Trinajstić information content (AvgIpc) is 2.18. The minimum absolute atomic E-state index is 0.335. The predicted molar refractivity (Wildman–Crippen MR) is 51.8 cm³/mol. The number of aliphatic hydroxyl groups is 1. The van der Waals surface area contributed by atoms with Crippen LogP contribution in [0.5, 0.6) is 0 Å². The molecule has 0 saturated carbocycles. The molecule has 0 atom stereocenters. The number of aryl methyl sites for hydroxylation is 1. The third kappa shape index (κ3) is 2.51. The second kappa shape index (κ2) is 4.53. The summed E-state index contributed by atoms with van der Waals surface area (Å²) in [4.78, 5) is 9.60. The Morgan fingerprint density at radius 3 is 2.80 bits per heavy atom. The van der Waals surface area contributed by atoms with E-state index >= 15 is 0 Å². The minimum Gasteiger partial charge on any atom is -0.384 e. The fourth-order valence-electron chi connectivity index (χ4n) is 1.08. The van der Waals surface area contributed by atoms with E-state index in [-0.39, 0.29) is 6.61 Å². The summed E-state index contributed by atoms with van der Waals surface area (Å²) in [6, 6.07) is 2.12. The van der Waals surface area contributed by atoms with Gasteiger partial charge in [0.25, 0.3) is 0 Å². The third-order valence-electron chi connectivity index (χ3n) is 1.79. The van der Waals surface area contributed by atoms with E-state index in [4.69, 9.17) is 5.11 Å². The second-order valence-corrected chi connectivity index (χ2v) is 2.84. The molecule has 4 nitrogen and oxygen atoms in total. The molecule has 0 saturated heterocycles. The molecule has 0 spiro atoms. The summed E-state index contributed by atoms with van der Waals surface area (Å²) in [7, 11) is 0. The van der Waals surface area contributed by atoms with Crippen molar-refractivity contribution in [1.29, 1.82) is 0 Å². The van der Waals surface area contributed by atoms with Gasteiger partial charge < -0.3 is 5.11 Å². The fraction of sp³-hybridized carbons (Fsp3) is 0.200. The van der Waals surface area contributed by atoms with Gasteiger partial charge in [-0.2, -0.15) is 4.39 Å². The standard InChI is InChI=1S/C10H8FNO3/c1-7-5-10(12(14)15)9(11)6-8(7)3-2-4-13/h5-6,13H,4H2,1H3. The number of halogens is 1. The van der Waals surface area contributed by atoms with Gasteiger partial charge in [-0.3, -0.25) is 10.1 Å². The van der Waals surface area contributed by atoms with Crippen molar-refractivity contribution in [3.63, 3.8) is 0 Å². The Hall–Kier alpha value is -1.93. The molecule has 0 fully saturated rings. The number of benzene rings is 1. The van der Waals surface area contributed by atoms with Crippen LogP contribution in [-0.4, -0.2) is 16.6 Å². The highest BCUT2D eigenvalue weighted by Gasteiger charge is 2.15. The molecule has 0 amide bonds. The Kier molecular flexibility index (Phi) is 3.37. The Labute approximate surface area is 85.5 Å². The molecule has 0 radical (unpaired) electrons. The van der Waals surface area contributed by atoms with Gasteiger partial charge >= 0.3 is 5.69 Å². The zero-order chi connectivity index (χ0) is 11.4. The summed E-state index contributed by atoms with van der Waals surface area (Å²) in [5, 5.41) is 18.8. The largest absolute Gasteiger partial charge is 0.384 e. The van der Waals surface area contributed by atoms with Gasteiger partial charge in [0.05, 0.1) is 4.92 Å². The van der Waals surface area contributed by atoms with Crippen LogP contribution in [0, 0.1) is 34.7 Å². The lowest BCUT2D eigenvalue weighted by Gasteiger charge is -1.99. The highest BCUT2D eigenvalue weighted by molar-refractivity contribution is 5.48. The van der Waals surface area contributed by atoms with Crippen molar-refractivity contribution in [1.82, 2.24) is 0 Å². The van der Waals surface area contributed by atoms with Crippen LogP contribution in [0.4, 0.5) is 10.1 Å². The van der Waals surface area contributed by atoms with Crippen LogP contribution < -0.4 is 0 Å². The van der Waals surface area contributed by atoms with Crippen LogP contribution in [0.25, 0.3) is 0 Å². The monoisotopic (exact) mass is 209 g/mol. The topological polar surface area (TPSA) is 63.4 Å². The first-order valence-corrected chi connectivity index (χ1v) is 4.10. The Bertz CT molecular complexity index is 460. The second-order valence-electron chi connectivity index (χ2n) is 2.84. The summed E-state index contributed by atoms with van der Waals surface area (Å²) in [6.07, 6.45) is 0. The number of nitro benzene ring substituents is 1. The molecule has 0 aliphatic rings. The van der Waals surface area contributed by atoms with E-state index in [9.17, 15) is 14.5 Å². The zero-order valence-corrected chi connectivity index (χ0v) is 7.95. The molecule has 78 valence electrons. The molecule has 0 bridgehead atoms. The zero-order valence-electron chi connectivity index (χ0n) is 7.95. The average molecular weight is 209 g/mol. The fourth-order valence-corrected chi connectivity index (χ4v) is 1.08. The smallest absolute Gasteiger partial charge is 0.305 e. The molecular weight excluding hydrogens is 201 g/mol. The maximum atomic E-state index is 13.1. The van der Waals surface area contributed by atoms with Gasteiger partial charge in [-0.15, -0.1) is 0 Å². The molecule has 0 aliphatic heterocycles. The van der Waals surface area contributed by atoms with Crippen molar-refractivity contribution in [2.45, 2.75) is 6.92 Å². The molecule has 1 aromatic carbocycles. The van der Waals surface area contributed by atoms with Gasteiger partial charge in [0.1, 0.15) is 6.61 Å². The van der Waals surface area contributed by atoms with Crippen LogP contribution in [-0.2, 0) is 0 Å². The minimum atomic E-state index is -0.923. The number of nitrogens with zero attached hydrogens (tertiary/aromatic N) is 1. The summed E-state index contributed by atoms with van der Waals surface area (Å²) < 4.78 is 13.1. The van der Waals surface area contributed by atoms with Gasteiger partial charge in [0, 0.05) is 11.6 Å². The highest BCUT2D eigenvalue weighted by Crippen LogP contribution is 2.21. The first-order valence-electron chi connectivity index (χ1n) is 4.10. The van der Waals surface area contributed by atoms with Crippen LogP contribution in [0.1, 0.15) is 11.1 Å². The summed E-state index contributed by atoms with van der Waals surface area (Å²) >= 11 is 0. The van der Waals surface area contributed by atoms with Crippen molar-refractivity contribution in [2.24, 2.45) is 0 Å². The lowest BCUT2D eigenvalue weighted by Crippen LogP contribution is -1.95. The number of rotatable bonds is 1. The van der Waals surface area contributed by atoms with E-state index in [0.29, 0.717) is 11.1 Å². The Balaban J connectivity index is 3.25. The Morgan fingerprint density at radius 1 is 1.60 bits per heavy atom. The molecule has 15 heavy (non-hydrogen) atoms. The van der Waals surface area contributed by atoms with Crippen LogP contribution in [0.15, 0.2) is 12.1 Å². The molecule has 5 heteroatoms. The SMILES string of the molecule is Cc1cc([N+](=O)[O-])c(F)cc1C#CCO. The van der Waals surface area contributed by atoms with E-state index < -0.39 is 16.4 Å². The van der Waals surface area contributed by atoms with Gasteiger partial charge in [-0.05, 0) is 18.6 Å². The van der Waals surface area contributed by atoms with Crippen LogP contribution >= 0.6 is 0 Å². The first-order chi connectivity index (χ1) is 7.06. The molecule has 0 heterocycles. The molecule has 1 aromatic rings. The lowest BCUT2D eigenvalue weighted by atomic mass is 10.1. The van der Waals surface area contributed by atoms with Crippen molar-refractivity contribution in [3.8, 4) is 11.8 Å². The molecule has 1 N–H and O–H groups in total. The molecule has 0 aliphatic carbocycles. The van der Waals surface area contributed by atoms with Crippen LogP contribution in [0.3, 0.4) is 0 Å². The first kappa shape index (κ1) is 11.1. The molecule has 0 aromatic heterocycles. The van der Waals surface area contributed by atoms with Gasteiger partial charge in [0.15, 0.2) is 0 Å². The summed E-state index contributed by atoms with van der Waals surface area (Å²) in [5.41, 5.74) is 0.276. The van der Waals surface area contributed by atoms with E-state index in [2.05, 4.69) is 11.8 Å². The summed E-state index contributed by atoms with van der Waals surface area (Å²) in [6.45, 7) is 1.26. The van der Waals surface area contributed by atoms with Crippen LogP contribution in [0.2, 0.25) is 0 Å². The van der Waals surface area contributed by atoms with E-state index in [0.717, 1.165) is 12.1 Å². The van der Waals surface area contributed by atoms with Gasteiger partial charge in [0.2, 0.25) is 5.82 Å².